The second kappa shape index (κ2) is 11.6. The maximum Gasteiger partial charge on any atom is 0.155 e. The number of hydrogen-bond acceptors (Lipinski definition) is 4. The molecule has 1 radical (unpaired) electrons. The second-order valence-corrected chi connectivity index (χ2v) is 9.59. The summed E-state index contributed by atoms with van der Waals surface area (Å²) in [6.45, 7) is 2.85. The third kappa shape index (κ3) is 5.70. The Morgan fingerprint density at radius 1 is 0.865 bits per heavy atom. The van der Waals surface area contributed by atoms with Crippen molar-refractivity contribution in [3.05, 3.63) is 115 Å². The molecule has 0 fully saturated rings. The number of aromatic nitrogens is 1. The maximum atomic E-state index is 10.0. The van der Waals surface area contributed by atoms with E-state index < -0.39 is 0 Å². The molecule has 6 rings (SSSR count). The van der Waals surface area contributed by atoms with Gasteiger partial charge in [0.25, 0.3) is 0 Å². The number of allylic oxidation sites excluding steroid dienone is 2. The summed E-state index contributed by atoms with van der Waals surface area (Å²) in [5.41, 5.74) is 3.33. The van der Waals surface area contributed by atoms with Crippen molar-refractivity contribution in [3.8, 4) is 21.7 Å². The van der Waals surface area contributed by atoms with E-state index in [0.717, 1.165) is 16.6 Å². The summed E-state index contributed by atoms with van der Waals surface area (Å²) < 4.78 is 1.21. The van der Waals surface area contributed by atoms with E-state index in [1.54, 1.807) is 11.3 Å². The van der Waals surface area contributed by atoms with Gasteiger partial charge in [-0.25, -0.2) is 0 Å². The van der Waals surface area contributed by atoms with Gasteiger partial charge in [-0.2, -0.15) is 0 Å². The van der Waals surface area contributed by atoms with Gasteiger partial charge in [0, 0.05) is 47.6 Å². The van der Waals surface area contributed by atoms with E-state index in [1.165, 1.54) is 56.6 Å². The van der Waals surface area contributed by atoms with Crippen LogP contribution in [0.2, 0.25) is 0 Å². The van der Waals surface area contributed by atoms with Crippen LogP contribution in [-0.4, -0.2) is 15.9 Å². The number of fused-ring (bicyclic) bond motifs is 4. The molecule has 0 bridgehead atoms. The molecule has 0 aliphatic carbocycles. The number of hydrogen-bond donors (Lipinski definition) is 1. The van der Waals surface area contributed by atoms with Crippen LogP contribution >= 0.6 is 11.3 Å². The van der Waals surface area contributed by atoms with Gasteiger partial charge >= 0.3 is 0 Å². The quantitative estimate of drug-likeness (QED) is 0.0882. The zero-order chi connectivity index (χ0) is 25.1. The van der Waals surface area contributed by atoms with Crippen molar-refractivity contribution in [3.63, 3.8) is 0 Å². The molecular weight excluding hydrogens is 655 g/mol. The number of aliphatic hydroxyl groups is 1. The minimum atomic E-state index is -0.125. The zero-order valence-corrected chi connectivity index (χ0v) is 23.6. The Morgan fingerprint density at radius 2 is 1.51 bits per heavy atom. The van der Waals surface area contributed by atoms with Gasteiger partial charge in [0.05, 0.1) is 5.76 Å². The van der Waals surface area contributed by atoms with Crippen molar-refractivity contribution < 1.29 is 30.0 Å². The third-order valence-electron chi connectivity index (χ3n) is 5.81. The van der Waals surface area contributed by atoms with Crippen molar-refractivity contribution in [2.24, 2.45) is 0 Å². The van der Waals surface area contributed by atoms with Crippen LogP contribution in [0, 0.1) is 6.07 Å². The van der Waals surface area contributed by atoms with Crippen LogP contribution in [0.15, 0.2) is 109 Å². The molecule has 0 spiro atoms. The average molecular weight is 679 g/mol. The molecule has 0 amide bonds. The Balaban J connectivity index is 0.000000356. The predicted molar refractivity (Wildman–Crippen MR) is 151 cm³/mol. The van der Waals surface area contributed by atoms with Crippen LogP contribution in [-0.2, 0) is 24.9 Å². The fraction of sp³-hybridized carbons (Fsp3) is 0.0625. The first kappa shape index (κ1) is 26.4. The van der Waals surface area contributed by atoms with E-state index in [2.05, 4.69) is 97.1 Å². The minimum Gasteiger partial charge on any atom is -0.512 e. The fourth-order valence-electron chi connectivity index (χ4n) is 4.33. The molecule has 0 unspecified atom stereocenters. The fourth-order valence-corrected chi connectivity index (χ4v) is 5.49. The smallest absolute Gasteiger partial charge is 0.155 e. The third-order valence-corrected chi connectivity index (χ3v) is 7.02. The van der Waals surface area contributed by atoms with E-state index >= 15 is 0 Å². The van der Waals surface area contributed by atoms with Gasteiger partial charge in [-0.15, -0.1) is 28.9 Å². The minimum absolute atomic E-state index is 0. The van der Waals surface area contributed by atoms with Gasteiger partial charge < -0.3 is 5.11 Å². The molecule has 1 N–H and O–H groups in total. The number of nitrogens with zero attached hydrogens (tertiary/aromatic N) is 1. The molecule has 0 saturated carbocycles. The predicted octanol–water partition coefficient (Wildman–Crippen LogP) is 8.77. The number of carbonyl (C=O) groups excluding carboxylic acids is 1. The topological polar surface area (TPSA) is 50.2 Å². The van der Waals surface area contributed by atoms with Crippen molar-refractivity contribution >= 4 is 48.8 Å². The Kier molecular flexibility index (Phi) is 8.30. The summed E-state index contributed by atoms with van der Waals surface area (Å²) in [6, 6.07) is 35.6. The second-order valence-electron chi connectivity index (χ2n) is 8.54. The molecule has 2 aromatic heterocycles. The molecule has 0 atom stereocenters. The first-order valence-electron chi connectivity index (χ1n) is 11.7. The normalized spacial score (nSPS) is 11.1. The monoisotopic (exact) mass is 679 g/mol. The Hall–Kier alpha value is -3.63. The summed E-state index contributed by atoms with van der Waals surface area (Å²) in [4.78, 5) is 16.1. The van der Waals surface area contributed by atoms with Gasteiger partial charge in [0.2, 0.25) is 0 Å². The van der Waals surface area contributed by atoms with Crippen molar-refractivity contribution in [2.75, 3.05) is 0 Å². The van der Waals surface area contributed by atoms with E-state index in [9.17, 15) is 4.79 Å². The van der Waals surface area contributed by atoms with E-state index in [0.29, 0.717) is 0 Å². The number of carbonyl (C=O) groups is 1. The van der Waals surface area contributed by atoms with Crippen LogP contribution in [0.3, 0.4) is 0 Å². The van der Waals surface area contributed by atoms with E-state index in [1.807, 2.05) is 6.20 Å². The Morgan fingerprint density at radius 3 is 2.19 bits per heavy atom. The molecule has 0 aliphatic heterocycles. The number of pyridine rings is 1. The van der Waals surface area contributed by atoms with E-state index in [4.69, 9.17) is 10.1 Å². The van der Waals surface area contributed by atoms with Crippen LogP contribution in [0.1, 0.15) is 13.8 Å². The molecule has 6 aromatic rings. The standard InChI is InChI=1S/C27H16NS.C5H8O2.Ir/c1-2-8-18(9-3-1)25-17-20-14-15-28-26(27(20)29-25)24-16-19-10-4-5-11-21(19)22-12-6-7-13-23(22)24;1-4(6)3-5(2)7;/h1-15,17H;3,6H,1-2H3;/q-1;;/b;4-3-;. The summed E-state index contributed by atoms with van der Waals surface area (Å²) in [5.74, 6) is -0.0625. The zero-order valence-electron chi connectivity index (χ0n) is 20.4. The molecule has 0 saturated heterocycles. The summed E-state index contributed by atoms with van der Waals surface area (Å²) >= 11 is 1.80. The molecule has 185 valence electrons. The molecule has 37 heavy (non-hydrogen) atoms. The number of ketones is 1. The molecule has 3 nitrogen and oxygen atoms in total. The van der Waals surface area contributed by atoms with Crippen LogP contribution < -0.4 is 0 Å². The summed E-state index contributed by atoms with van der Waals surface area (Å²) in [6.07, 6.45) is 3.08. The van der Waals surface area contributed by atoms with Gasteiger partial charge in [-0.05, 0) is 36.9 Å². The SMILES string of the molecule is CC(=O)/C=C(/C)O.[Ir].[c-]1c(-c2nccc3cc(-c4ccccc4)sc23)c2ccccc2c2ccccc12. The van der Waals surface area contributed by atoms with Crippen LogP contribution in [0.25, 0.3) is 53.3 Å². The first-order chi connectivity index (χ1) is 17.5. The van der Waals surface area contributed by atoms with E-state index in [-0.39, 0.29) is 31.6 Å². The summed E-state index contributed by atoms with van der Waals surface area (Å²) in [5, 5.41) is 14.4. The van der Waals surface area contributed by atoms with Crippen LogP contribution in [0.5, 0.6) is 0 Å². The van der Waals surface area contributed by atoms with Gasteiger partial charge in [-0.3, -0.25) is 9.78 Å². The number of thiophene rings is 1. The molecule has 4 aromatic carbocycles. The van der Waals surface area contributed by atoms with Gasteiger partial charge in [0.15, 0.2) is 5.78 Å². The number of benzene rings is 4. The van der Waals surface area contributed by atoms with Crippen molar-refractivity contribution in [1.82, 2.24) is 4.98 Å². The average Bonchev–Trinajstić information content (AvgIpc) is 3.33. The molecular formula is C32H24IrNO2S-. The molecule has 2 heterocycles. The van der Waals surface area contributed by atoms with Crippen molar-refractivity contribution in [1.29, 1.82) is 0 Å². The summed E-state index contributed by atoms with van der Waals surface area (Å²) in [7, 11) is 0. The molecule has 0 aliphatic rings. The van der Waals surface area contributed by atoms with Gasteiger partial charge in [0.1, 0.15) is 0 Å². The maximum absolute atomic E-state index is 10.0. The number of rotatable bonds is 3. The van der Waals surface area contributed by atoms with Crippen molar-refractivity contribution in [2.45, 2.75) is 13.8 Å². The van der Waals surface area contributed by atoms with Crippen LogP contribution in [0.4, 0.5) is 0 Å². The van der Waals surface area contributed by atoms with Gasteiger partial charge in [-0.1, -0.05) is 94.5 Å². The first-order valence-corrected chi connectivity index (χ1v) is 12.5. The Bertz CT molecular complexity index is 1730. The Labute approximate surface area is 233 Å². The largest absolute Gasteiger partial charge is 0.512 e. The molecule has 5 heteroatoms. The number of aliphatic hydroxyl groups excluding tert-OH is 1.